The van der Waals surface area contributed by atoms with Gasteiger partial charge in [-0.1, -0.05) is 81.4 Å². The van der Waals surface area contributed by atoms with Crippen LogP contribution in [0.1, 0.15) is 20.8 Å². The summed E-state index contributed by atoms with van der Waals surface area (Å²) in [6.45, 7) is 6.75. The van der Waals surface area contributed by atoms with E-state index in [1.807, 2.05) is 36.4 Å². The van der Waals surface area contributed by atoms with Crippen molar-refractivity contribution in [2.75, 3.05) is 13.7 Å². The van der Waals surface area contributed by atoms with Crippen molar-refractivity contribution in [3.05, 3.63) is 60.7 Å². The highest BCUT2D eigenvalue weighted by Gasteiger charge is 2.52. The molecular weight excluding hydrogens is 372 g/mol. The average molecular weight is 403 g/mol. The maximum absolute atomic E-state index is 10.4. The van der Waals surface area contributed by atoms with E-state index in [-0.39, 0.29) is 11.6 Å². The van der Waals surface area contributed by atoms with Crippen molar-refractivity contribution < 1.29 is 24.1 Å². The number of hydrogen-bond donors (Lipinski definition) is 2. The number of rotatable bonds is 6. The average Bonchev–Trinajstić information content (AvgIpc) is 2.97. The Labute approximate surface area is 168 Å². The summed E-state index contributed by atoms with van der Waals surface area (Å²) >= 11 is 0. The molecule has 0 radical (unpaired) electrons. The molecule has 2 aromatic rings. The van der Waals surface area contributed by atoms with Crippen molar-refractivity contribution in [1.82, 2.24) is 0 Å². The van der Waals surface area contributed by atoms with Gasteiger partial charge in [0.25, 0.3) is 8.32 Å². The maximum Gasteiger partial charge on any atom is 0.261 e. The molecule has 1 fully saturated rings. The fourth-order valence-corrected chi connectivity index (χ4v) is 8.59. The SMILES string of the molecule is COC1O[C@H](CO[Si](c2ccccc2)(c2ccccc2)C(C)(C)C)[C@@H](O)[C@H]1O. The van der Waals surface area contributed by atoms with Gasteiger partial charge < -0.3 is 24.1 Å². The largest absolute Gasteiger partial charge is 0.405 e. The Bertz CT molecular complexity index is 707. The molecule has 28 heavy (non-hydrogen) atoms. The molecule has 0 bridgehead atoms. The zero-order valence-corrected chi connectivity index (χ0v) is 17.9. The highest BCUT2D eigenvalue weighted by molar-refractivity contribution is 6.99. The van der Waals surface area contributed by atoms with Gasteiger partial charge in [-0.25, -0.2) is 0 Å². The maximum atomic E-state index is 10.4. The molecule has 0 amide bonds. The standard InChI is InChI=1S/C22H30O5Si/c1-22(2,3)28(16-11-7-5-8-12-16,17-13-9-6-10-14-17)26-15-18-19(23)20(24)21(25-4)27-18/h5-14,18-21,23-24H,15H2,1-4H3/t18-,19-,20-,21?/m1/s1. The summed E-state index contributed by atoms with van der Waals surface area (Å²) in [7, 11) is -1.26. The van der Waals surface area contributed by atoms with Crippen molar-refractivity contribution in [3.63, 3.8) is 0 Å². The first kappa shape index (κ1) is 21.2. The van der Waals surface area contributed by atoms with Crippen LogP contribution in [0.25, 0.3) is 0 Å². The van der Waals surface area contributed by atoms with Crippen molar-refractivity contribution in [2.45, 2.75) is 50.4 Å². The number of aliphatic hydroxyl groups excluding tert-OH is 2. The molecule has 5 nitrogen and oxygen atoms in total. The van der Waals surface area contributed by atoms with Crippen LogP contribution in [0.4, 0.5) is 0 Å². The van der Waals surface area contributed by atoms with E-state index < -0.39 is 32.9 Å². The Kier molecular flexibility index (Phi) is 6.39. The molecule has 2 N–H and O–H groups in total. The highest BCUT2D eigenvalue weighted by Crippen LogP contribution is 2.37. The highest BCUT2D eigenvalue weighted by atomic mass is 28.4. The fourth-order valence-electron chi connectivity index (χ4n) is 4.02. The third kappa shape index (κ3) is 3.81. The Morgan fingerprint density at radius 1 is 0.893 bits per heavy atom. The van der Waals surface area contributed by atoms with E-state index in [1.165, 1.54) is 7.11 Å². The van der Waals surface area contributed by atoms with E-state index in [4.69, 9.17) is 13.9 Å². The first-order valence-corrected chi connectivity index (χ1v) is 11.5. The minimum atomic E-state index is -2.71. The molecule has 2 aromatic carbocycles. The van der Waals surface area contributed by atoms with Gasteiger partial charge in [0.1, 0.15) is 18.3 Å². The third-order valence-corrected chi connectivity index (χ3v) is 10.4. The monoisotopic (exact) mass is 402 g/mol. The molecule has 0 aliphatic carbocycles. The summed E-state index contributed by atoms with van der Waals surface area (Å²) in [5.41, 5.74) is 0. The summed E-state index contributed by atoms with van der Waals surface area (Å²) in [6, 6.07) is 20.6. The van der Waals surface area contributed by atoms with Crippen molar-refractivity contribution >= 4 is 18.7 Å². The van der Waals surface area contributed by atoms with Crippen LogP contribution in [-0.2, 0) is 13.9 Å². The lowest BCUT2D eigenvalue weighted by Gasteiger charge is -2.43. The van der Waals surface area contributed by atoms with Crippen molar-refractivity contribution in [1.29, 1.82) is 0 Å². The smallest absolute Gasteiger partial charge is 0.261 e. The van der Waals surface area contributed by atoms with Gasteiger partial charge in [-0.05, 0) is 15.4 Å². The minimum absolute atomic E-state index is 0.168. The summed E-state index contributed by atoms with van der Waals surface area (Å²) < 4.78 is 17.6. The van der Waals surface area contributed by atoms with Gasteiger partial charge >= 0.3 is 0 Å². The predicted octanol–water partition coefficient (Wildman–Crippen LogP) is 1.66. The second kappa shape index (κ2) is 8.45. The Hall–Kier alpha value is -1.54. The lowest BCUT2D eigenvalue weighted by Crippen LogP contribution is -2.67. The normalized spacial score (nSPS) is 25.8. The van der Waals surface area contributed by atoms with Gasteiger partial charge in [-0.2, -0.15) is 0 Å². The van der Waals surface area contributed by atoms with Crippen LogP contribution in [0.2, 0.25) is 5.04 Å². The minimum Gasteiger partial charge on any atom is -0.405 e. The molecule has 152 valence electrons. The first-order chi connectivity index (χ1) is 13.3. The van der Waals surface area contributed by atoms with Gasteiger partial charge in [0, 0.05) is 7.11 Å². The third-order valence-electron chi connectivity index (χ3n) is 5.43. The van der Waals surface area contributed by atoms with Gasteiger partial charge in [0.15, 0.2) is 6.29 Å². The molecule has 1 unspecified atom stereocenters. The van der Waals surface area contributed by atoms with Gasteiger partial charge in [-0.15, -0.1) is 0 Å². The van der Waals surface area contributed by atoms with E-state index in [2.05, 4.69) is 45.0 Å². The molecule has 6 heteroatoms. The quantitative estimate of drug-likeness (QED) is 0.720. The second-order valence-corrected chi connectivity index (χ2v) is 12.5. The zero-order valence-electron chi connectivity index (χ0n) is 16.9. The Morgan fingerprint density at radius 3 is 1.79 bits per heavy atom. The van der Waals surface area contributed by atoms with Gasteiger partial charge in [-0.3, -0.25) is 0 Å². The molecule has 3 rings (SSSR count). The van der Waals surface area contributed by atoms with E-state index in [1.54, 1.807) is 0 Å². The van der Waals surface area contributed by atoms with Crippen molar-refractivity contribution in [2.24, 2.45) is 0 Å². The number of methoxy groups -OCH3 is 1. The lowest BCUT2D eigenvalue weighted by molar-refractivity contribution is -0.152. The zero-order chi connectivity index (χ0) is 20.4. The van der Waals surface area contributed by atoms with E-state index >= 15 is 0 Å². The molecule has 1 aliphatic heterocycles. The van der Waals surface area contributed by atoms with Crippen LogP contribution >= 0.6 is 0 Å². The summed E-state index contributed by atoms with van der Waals surface area (Å²) in [5, 5.41) is 22.6. The van der Waals surface area contributed by atoms with Crippen LogP contribution in [0.3, 0.4) is 0 Å². The van der Waals surface area contributed by atoms with Crippen LogP contribution in [0.15, 0.2) is 60.7 Å². The van der Waals surface area contributed by atoms with Gasteiger partial charge in [0.2, 0.25) is 0 Å². The van der Waals surface area contributed by atoms with E-state index in [0.717, 1.165) is 10.4 Å². The summed E-state index contributed by atoms with van der Waals surface area (Å²) in [6.07, 6.45) is -3.63. The van der Waals surface area contributed by atoms with Crippen LogP contribution in [-0.4, -0.2) is 56.8 Å². The van der Waals surface area contributed by atoms with E-state index in [9.17, 15) is 10.2 Å². The van der Waals surface area contributed by atoms with Crippen LogP contribution in [0.5, 0.6) is 0 Å². The lowest BCUT2D eigenvalue weighted by atomic mass is 10.1. The molecule has 1 aliphatic rings. The molecule has 1 heterocycles. The van der Waals surface area contributed by atoms with Crippen LogP contribution < -0.4 is 10.4 Å². The number of ether oxygens (including phenoxy) is 2. The molecule has 4 atom stereocenters. The van der Waals surface area contributed by atoms with Crippen LogP contribution in [0, 0.1) is 0 Å². The summed E-state index contributed by atoms with van der Waals surface area (Å²) in [4.78, 5) is 0. The molecule has 0 saturated carbocycles. The summed E-state index contributed by atoms with van der Waals surface area (Å²) in [5.74, 6) is 0. The number of aliphatic hydroxyl groups is 2. The Balaban J connectivity index is 2.00. The first-order valence-electron chi connectivity index (χ1n) is 9.60. The second-order valence-electron chi connectivity index (χ2n) is 8.23. The molecule has 1 saturated heterocycles. The molecule has 0 aromatic heterocycles. The topological polar surface area (TPSA) is 68.2 Å². The molecular formula is C22H30O5Si. The Morgan fingerprint density at radius 2 is 1.39 bits per heavy atom. The predicted molar refractivity (Wildman–Crippen MR) is 111 cm³/mol. The number of benzene rings is 2. The van der Waals surface area contributed by atoms with Crippen molar-refractivity contribution in [3.8, 4) is 0 Å². The van der Waals surface area contributed by atoms with E-state index in [0.29, 0.717) is 0 Å². The van der Waals surface area contributed by atoms with Gasteiger partial charge in [0.05, 0.1) is 6.61 Å². The molecule has 0 spiro atoms. The number of hydrogen-bond acceptors (Lipinski definition) is 5. The fraction of sp³-hybridized carbons (Fsp3) is 0.455.